The van der Waals surface area contributed by atoms with Crippen LogP contribution in [-0.4, -0.2) is 53.2 Å². The Hall–Kier alpha value is -2.99. The van der Waals surface area contributed by atoms with Crippen LogP contribution in [0.15, 0.2) is 54.6 Å². The number of carbonyl (C=O) groups is 3. The fourth-order valence-corrected chi connectivity index (χ4v) is 3.89. The van der Waals surface area contributed by atoms with Crippen LogP contribution in [0.25, 0.3) is 0 Å². The van der Waals surface area contributed by atoms with Crippen LogP contribution in [0.5, 0.6) is 0 Å². The number of imide groups is 1. The number of hydrogen-bond acceptors (Lipinski definition) is 4. The number of rotatable bonds is 6. The number of carbonyl (C=O) groups excluding carboxylic acids is 3. The van der Waals surface area contributed by atoms with Crippen molar-refractivity contribution in [3.05, 3.63) is 71.3 Å². The van der Waals surface area contributed by atoms with Gasteiger partial charge in [0.15, 0.2) is 0 Å². The molecule has 2 aliphatic heterocycles. The molecule has 0 unspecified atom stereocenters. The minimum atomic E-state index is -0.316. The zero-order chi connectivity index (χ0) is 19.5. The van der Waals surface area contributed by atoms with Crippen molar-refractivity contribution in [1.29, 1.82) is 0 Å². The topological polar surface area (TPSA) is 69.7 Å². The number of nitrogens with one attached hydrogen (secondary N) is 1. The summed E-state index contributed by atoms with van der Waals surface area (Å²) in [5, 5.41) is 3.04. The second-order valence-electron chi connectivity index (χ2n) is 7.33. The number of likely N-dealkylation sites (tertiary alicyclic amines) is 1. The molecule has 0 bridgehead atoms. The SMILES string of the molecule is O=C(CCN1C(=O)c2ccccc2C1=O)N[C@@H]1CCN(Cc2ccccc2)C1. The first-order valence-corrected chi connectivity index (χ1v) is 9.62. The Labute approximate surface area is 164 Å². The first-order chi connectivity index (χ1) is 13.6. The van der Waals surface area contributed by atoms with Crippen molar-refractivity contribution in [3.8, 4) is 0 Å². The molecule has 2 aliphatic rings. The van der Waals surface area contributed by atoms with E-state index in [-0.39, 0.29) is 36.7 Å². The highest BCUT2D eigenvalue weighted by atomic mass is 16.2. The summed E-state index contributed by atoms with van der Waals surface area (Å²) in [4.78, 5) is 40.5. The summed E-state index contributed by atoms with van der Waals surface area (Å²) < 4.78 is 0. The van der Waals surface area contributed by atoms with E-state index in [1.54, 1.807) is 24.3 Å². The summed E-state index contributed by atoms with van der Waals surface area (Å²) in [6, 6.07) is 17.2. The predicted molar refractivity (Wildman–Crippen MR) is 105 cm³/mol. The fraction of sp³-hybridized carbons (Fsp3) is 0.318. The van der Waals surface area contributed by atoms with Gasteiger partial charge in [-0.15, -0.1) is 0 Å². The van der Waals surface area contributed by atoms with Crippen LogP contribution >= 0.6 is 0 Å². The molecule has 6 nitrogen and oxygen atoms in total. The average Bonchev–Trinajstić information content (AvgIpc) is 3.24. The molecule has 0 aliphatic carbocycles. The van der Waals surface area contributed by atoms with Gasteiger partial charge >= 0.3 is 0 Å². The zero-order valence-corrected chi connectivity index (χ0v) is 15.6. The smallest absolute Gasteiger partial charge is 0.261 e. The molecule has 1 N–H and O–H groups in total. The molecule has 2 aromatic carbocycles. The molecule has 2 aromatic rings. The van der Waals surface area contributed by atoms with Gasteiger partial charge in [0.05, 0.1) is 11.1 Å². The summed E-state index contributed by atoms with van der Waals surface area (Å²) in [5.74, 6) is -0.755. The molecule has 4 rings (SSSR count). The maximum Gasteiger partial charge on any atom is 0.261 e. The lowest BCUT2D eigenvalue weighted by molar-refractivity contribution is -0.121. The second-order valence-corrected chi connectivity index (χ2v) is 7.33. The van der Waals surface area contributed by atoms with E-state index in [4.69, 9.17) is 0 Å². The van der Waals surface area contributed by atoms with E-state index < -0.39 is 0 Å². The molecule has 6 heteroatoms. The van der Waals surface area contributed by atoms with Crippen molar-refractivity contribution in [1.82, 2.24) is 15.1 Å². The molecule has 2 heterocycles. The Morgan fingerprint density at radius 1 is 0.964 bits per heavy atom. The molecule has 0 spiro atoms. The molecule has 0 saturated carbocycles. The van der Waals surface area contributed by atoms with Gasteiger partial charge < -0.3 is 5.32 Å². The van der Waals surface area contributed by atoms with Crippen LogP contribution in [0, 0.1) is 0 Å². The Kier molecular flexibility index (Phi) is 5.21. The van der Waals surface area contributed by atoms with Gasteiger partial charge in [-0.25, -0.2) is 0 Å². The van der Waals surface area contributed by atoms with Gasteiger partial charge in [0.1, 0.15) is 0 Å². The number of fused-ring (bicyclic) bond motifs is 1. The number of hydrogen-bond donors (Lipinski definition) is 1. The van der Waals surface area contributed by atoms with Crippen molar-refractivity contribution in [2.24, 2.45) is 0 Å². The Morgan fingerprint density at radius 2 is 1.61 bits per heavy atom. The maximum absolute atomic E-state index is 12.3. The summed E-state index contributed by atoms with van der Waals surface area (Å²) in [6.07, 6.45) is 1.03. The van der Waals surface area contributed by atoms with Crippen molar-refractivity contribution in [2.75, 3.05) is 19.6 Å². The maximum atomic E-state index is 12.3. The highest BCUT2D eigenvalue weighted by molar-refractivity contribution is 6.21. The lowest BCUT2D eigenvalue weighted by atomic mass is 10.1. The molecule has 3 amide bonds. The fourth-order valence-electron chi connectivity index (χ4n) is 3.89. The molecular formula is C22H23N3O3. The van der Waals surface area contributed by atoms with Gasteiger partial charge in [0.2, 0.25) is 5.91 Å². The zero-order valence-electron chi connectivity index (χ0n) is 15.6. The van der Waals surface area contributed by atoms with Crippen molar-refractivity contribution >= 4 is 17.7 Å². The van der Waals surface area contributed by atoms with E-state index in [0.717, 1.165) is 26.1 Å². The average molecular weight is 377 g/mol. The van der Waals surface area contributed by atoms with Gasteiger partial charge in [0.25, 0.3) is 11.8 Å². The van der Waals surface area contributed by atoms with E-state index in [1.165, 1.54) is 10.5 Å². The summed E-state index contributed by atoms with van der Waals surface area (Å²) in [6.45, 7) is 2.74. The third-order valence-corrected chi connectivity index (χ3v) is 5.33. The van der Waals surface area contributed by atoms with Crippen LogP contribution in [0.1, 0.15) is 39.1 Å². The van der Waals surface area contributed by atoms with Gasteiger partial charge in [-0.05, 0) is 24.1 Å². The Bertz CT molecular complexity index is 862. The van der Waals surface area contributed by atoms with Gasteiger partial charge in [-0.3, -0.25) is 24.2 Å². The molecule has 1 saturated heterocycles. The van der Waals surface area contributed by atoms with Crippen LogP contribution in [0.4, 0.5) is 0 Å². The number of benzene rings is 2. The monoisotopic (exact) mass is 377 g/mol. The third-order valence-electron chi connectivity index (χ3n) is 5.33. The molecule has 1 fully saturated rings. The van der Waals surface area contributed by atoms with E-state index in [2.05, 4.69) is 22.3 Å². The lowest BCUT2D eigenvalue weighted by Gasteiger charge is -2.18. The van der Waals surface area contributed by atoms with Crippen molar-refractivity contribution < 1.29 is 14.4 Å². The normalized spacial score (nSPS) is 19.1. The van der Waals surface area contributed by atoms with E-state index in [9.17, 15) is 14.4 Å². The highest BCUT2D eigenvalue weighted by Crippen LogP contribution is 2.22. The molecule has 1 atom stereocenters. The van der Waals surface area contributed by atoms with E-state index in [1.807, 2.05) is 18.2 Å². The van der Waals surface area contributed by atoms with Crippen molar-refractivity contribution in [3.63, 3.8) is 0 Å². The largest absolute Gasteiger partial charge is 0.352 e. The molecule has 144 valence electrons. The second kappa shape index (κ2) is 7.94. The molecular weight excluding hydrogens is 354 g/mol. The van der Waals surface area contributed by atoms with Crippen LogP contribution < -0.4 is 5.32 Å². The predicted octanol–water partition coefficient (Wildman–Crippen LogP) is 2.06. The third kappa shape index (κ3) is 3.82. The number of nitrogens with zero attached hydrogens (tertiary/aromatic N) is 2. The Morgan fingerprint density at radius 3 is 2.29 bits per heavy atom. The van der Waals surface area contributed by atoms with E-state index in [0.29, 0.717) is 11.1 Å². The van der Waals surface area contributed by atoms with Gasteiger partial charge in [-0.1, -0.05) is 42.5 Å². The van der Waals surface area contributed by atoms with Crippen LogP contribution in [0.2, 0.25) is 0 Å². The lowest BCUT2D eigenvalue weighted by Crippen LogP contribution is -2.39. The molecule has 0 aromatic heterocycles. The van der Waals surface area contributed by atoms with Crippen molar-refractivity contribution in [2.45, 2.75) is 25.4 Å². The van der Waals surface area contributed by atoms with Gasteiger partial charge in [0, 0.05) is 38.6 Å². The summed E-state index contributed by atoms with van der Waals surface area (Å²) in [5.41, 5.74) is 2.10. The van der Waals surface area contributed by atoms with Crippen LogP contribution in [-0.2, 0) is 11.3 Å². The van der Waals surface area contributed by atoms with Gasteiger partial charge in [-0.2, -0.15) is 0 Å². The summed E-state index contributed by atoms with van der Waals surface area (Å²) in [7, 11) is 0. The Balaban J connectivity index is 1.25. The quantitative estimate of drug-likeness (QED) is 0.783. The molecule has 28 heavy (non-hydrogen) atoms. The summed E-state index contributed by atoms with van der Waals surface area (Å²) >= 11 is 0. The van der Waals surface area contributed by atoms with E-state index >= 15 is 0 Å². The van der Waals surface area contributed by atoms with Crippen LogP contribution in [0.3, 0.4) is 0 Å². The minimum Gasteiger partial charge on any atom is -0.352 e. The highest BCUT2D eigenvalue weighted by Gasteiger charge is 2.35. The standard InChI is InChI=1S/C22H23N3O3/c26-20(11-13-25-21(27)18-8-4-5-9-19(18)22(25)28)23-17-10-12-24(15-17)14-16-6-2-1-3-7-16/h1-9,17H,10-15H2,(H,23,26)/t17-/m1/s1. The first-order valence-electron chi connectivity index (χ1n) is 9.62. The minimum absolute atomic E-state index is 0.110. The molecule has 0 radical (unpaired) electrons. The number of amides is 3. The first kappa shape index (κ1) is 18.4.